The second-order valence-electron chi connectivity index (χ2n) is 5.29. The Morgan fingerprint density at radius 1 is 0.750 bits per heavy atom. The lowest BCUT2D eigenvalue weighted by Crippen LogP contribution is -1.92. The Balaban J connectivity index is 1.91. The second kappa shape index (κ2) is 6.75. The molecule has 4 aromatic rings. The summed E-state index contributed by atoms with van der Waals surface area (Å²) in [6.07, 6.45) is 1.60. The molecule has 4 rings (SSSR count). The third-order valence-electron chi connectivity index (χ3n) is 3.78. The number of aromatic nitrogens is 2. The molecule has 0 unspecified atom stereocenters. The van der Waals surface area contributed by atoms with E-state index in [2.05, 4.69) is 80.5 Å². The predicted octanol–water partition coefficient (Wildman–Crippen LogP) is 6.21. The summed E-state index contributed by atoms with van der Waals surface area (Å²) < 4.78 is 0.812. The molecular weight excluding hydrogens is 380 g/mol. The van der Waals surface area contributed by atoms with Gasteiger partial charge in [-0.2, -0.15) is 0 Å². The van der Waals surface area contributed by atoms with Crippen LogP contribution in [0.3, 0.4) is 0 Å². The molecule has 1 aromatic heterocycles. The molecule has 0 atom stereocenters. The largest absolute Gasteiger partial charge is 0.229 e. The van der Waals surface area contributed by atoms with Crippen LogP contribution in [0.25, 0.3) is 21.9 Å². The van der Waals surface area contributed by atoms with Gasteiger partial charge in [-0.15, -0.1) is 0 Å². The Kier molecular flexibility index (Phi) is 4.32. The third kappa shape index (κ3) is 2.95. The molecule has 1 heterocycles. The first-order chi connectivity index (χ1) is 11.8. The number of hydrogen-bond donors (Lipinski definition) is 0. The van der Waals surface area contributed by atoms with Gasteiger partial charge < -0.3 is 0 Å². The number of fused-ring (bicyclic) bond motifs is 1. The molecular formula is C20H13BrN2S. The van der Waals surface area contributed by atoms with Gasteiger partial charge in [0.05, 0.1) is 0 Å². The van der Waals surface area contributed by atoms with E-state index in [0.29, 0.717) is 0 Å². The average molecular weight is 393 g/mol. The normalized spacial score (nSPS) is 10.9. The Labute approximate surface area is 153 Å². The van der Waals surface area contributed by atoms with E-state index in [4.69, 9.17) is 0 Å². The van der Waals surface area contributed by atoms with Crippen LogP contribution in [0.5, 0.6) is 0 Å². The molecule has 0 aliphatic heterocycles. The minimum atomic E-state index is 0.812. The van der Waals surface area contributed by atoms with Crippen LogP contribution < -0.4 is 0 Å². The molecule has 0 aliphatic carbocycles. The molecule has 116 valence electrons. The number of nitrogens with zero attached hydrogens (tertiary/aromatic N) is 2. The topological polar surface area (TPSA) is 25.8 Å². The van der Waals surface area contributed by atoms with Crippen molar-refractivity contribution >= 4 is 38.5 Å². The van der Waals surface area contributed by atoms with E-state index in [1.54, 1.807) is 18.1 Å². The lowest BCUT2D eigenvalue weighted by Gasteiger charge is -2.12. The summed E-state index contributed by atoms with van der Waals surface area (Å²) in [5.41, 5.74) is 2.17. The lowest BCUT2D eigenvalue weighted by molar-refractivity contribution is 1.03. The van der Waals surface area contributed by atoms with Gasteiger partial charge in [0.1, 0.15) is 16.0 Å². The van der Waals surface area contributed by atoms with E-state index in [9.17, 15) is 0 Å². The summed E-state index contributed by atoms with van der Waals surface area (Å²) in [6.45, 7) is 0. The van der Waals surface area contributed by atoms with Crippen LogP contribution in [0.1, 0.15) is 0 Å². The van der Waals surface area contributed by atoms with Crippen molar-refractivity contribution in [1.82, 2.24) is 9.97 Å². The maximum atomic E-state index is 4.54. The molecule has 0 N–H and O–H groups in total. The van der Waals surface area contributed by atoms with Crippen molar-refractivity contribution in [2.75, 3.05) is 0 Å². The van der Waals surface area contributed by atoms with Gasteiger partial charge in [-0.1, -0.05) is 72.4 Å². The van der Waals surface area contributed by atoms with Crippen molar-refractivity contribution < 1.29 is 0 Å². The highest BCUT2D eigenvalue weighted by atomic mass is 79.9. The zero-order valence-electron chi connectivity index (χ0n) is 12.7. The smallest absolute Gasteiger partial charge is 0.118 e. The molecule has 0 saturated carbocycles. The van der Waals surface area contributed by atoms with Crippen molar-refractivity contribution in [2.24, 2.45) is 0 Å². The molecule has 0 spiro atoms. The Hall–Kier alpha value is -2.17. The standard InChI is InChI=1S/C20H13BrN2S/c21-19-18(17-12-6-8-14-7-4-5-11-16(14)17)20(23-13-22-19)24-15-9-2-1-3-10-15/h1-13H. The van der Waals surface area contributed by atoms with Crippen LogP contribution in [-0.2, 0) is 0 Å². The molecule has 4 heteroatoms. The van der Waals surface area contributed by atoms with E-state index >= 15 is 0 Å². The van der Waals surface area contributed by atoms with Crippen LogP contribution in [0.15, 0.2) is 93.6 Å². The fraction of sp³-hybridized carbons (Fsp3) is 0. The van der Waals surface area contributed by atoms with Crippen LogP contribution in [0.2, 0.25) is 0 Å². The first kappa shape index (κ1) is 15.4. The highest BCUT2D eigenvalue weighted by Gasteiger charge is 2.15. The van der Waals surface area contributed by atoms with Gasteiger partial charge in [0.2, 0.25) is 0 Å². The van der Waals surface area contributed by atoms with Gasteiger partial charge in [0.25, 0.3) is 0 Å². The maximum Gasteiger partial charge on any atom is 0.118 e. The van der Waals surface area contributed by atoms with E-state index in [1.165, 1.54) is 10.8 Å². The third-order valence-corrected chi connectivity index (χ3v) is 5.39. The highest BCUT2D eigenvalue weighted by Crippen LogP contribution is 2.40. The van der Waals surface area contributed by atoms with Gasteiger partial charge >= 0.3 is 0 Å². The van der Waals surface area contributed by atoms with Crippen molar-refractivity contribution in [3.8, 4) is 11.1 Å². The number of hydrogen-bond acceptors (Lipinski definition) is 3. The minimum Gasteiger partial charge on any atom is -0.229 e. The van der Waals surface area contributed by atoms with E-state index in [1.807, 2.05) is 18.2 Å². The lowest BCUT2D eigenvalue weighted by atomic mass is 10.0. The van der Waals surface area contributed by atoms with Crippen molar-refractivity contribution in [2.45, 2.75) is 9.92 Å². The molecule has 0 saturated heterocycles. The quantitative estimate of drug-likeness (QED) is 0.387. The Morgan fingerprint density at radius 3 is 2.38 bits per heavy atom. The van der Waals surface area contributed by atoms with Crippen molar-refractivity contribution in [1.29, 1.82) is 0 Å². The average Bonchev–Trinajstić information content (AvgIpc) is 2.63. The SMILES string of the molecule is Brc1ncnc(Sc2ccccc2)c1-c1cccc2ccccc12. The summed E-state index contributed by atoms with van der Waals surface area (Å²) in [7, 11) is 0. The van der Waals surface area contributed by atoms with Gasteiger partial charge in [-0.25, -0.2) is 9.97 Å². The summed E-state index contributed by atoms with van der Waals surface area (Å²) in [6, 6.07) is 25.0. The van der Waals surface area contributed by atoms with Crippen LogP contribution >= 0.6 is 27.7 Å². The van der Waals surface area contributed by atoms with Gasteiger partial charge in [-0.05, 0) is 44.4 Å². The van der Waals surface area contributed by atoms with Gasteiger partial charge in [-0.3, -0.25) is 0 Å². The van der Waals surface area contributed by atoms with E-state index in [0.717, 1.165) is 25.7 Å². The molecule has 0 radical (unpaired) electrons. The van der Waals surface area contributed by atoms with E-state index < -0.39 is 0 Å². The monoisotopic (exact) mass is 392 g/mol. The van der Waals surface area contributed by atoms with Crippen molar-refractivity contribution in [3.63, 3.8) is 0 Å². The summed E-state index contributed by atoms with van der Waals surface area (Å²) in [5, 5.41) is 3.35. The molecule has 0 amide bonds. The van der Waals surface area contributed by atoms with Gasteiger partial charge in [0.15, 0.2) is 0 Å². The summed E-state index contributed by atoms with van der Waals surface area (Å²) in [5.74, 6) is 0. The molecule has 3 aromatic carbocycles. The molecule has 24 heavy (non-hydrogen) atoms. The molecule has 2 nitrogen and oxygen atoms in total. The second-order valence-corrected chi connectivity index (χ2v) is 7.10. The first-order valence-corrected chi connectivity index (χ1v) is 9.15. The zero-order valence-corrected chi connectivity index (χ0v) is 15.1. The maximum absolute atomic E-state index is 4.54. The Bertz CT molecular complexity index is 997. The van der Waals surface area contributed by atoms with Crippen LogP contribution in [-0.4, -0.2) is 9.97 Å². The molecule has 0 aliphatic rings. The first-order valence-electron chi connectivity index (χ1n) is 7.54. The van der Waals surface area contributed by atoms with Gasteiger partial charge in [0, 0.05) is 10.5 Å². The fourth-order valence-corrected chi connectivity index (χ4v) is 4.25. The fourth-order valence-electron chi connectivity index (χ4n) is 2.70. The Morgan fingerprint density at radius 2 is 1.50 bits per heavy atom. The molecule has 0 fully saturated rings. The number of benzene rings is 3. The van der Waals surface area contributed by atoms with Crippen LogP contribution in [0, 0.1) is 0 Å². The summed E-state index contributed by atoms with van der Waals surface area (Å²) in [4.78, 5) is 10.1. The van der Waals surface area contributed by atoms with Crippen LogP contribution in [0.4, 0.5) is 0 Å². The zero-order chi connectivity index (χ0) is 16.4. The predicted molar refractivity (Wildman–Crippen MR) is 103 cm³/mol. The number of halogens is 1. The minimum absolute atomic E-state index is 0.812. The van der Waals surface area contributed by atoms with Crippen molar-refractivity contribution in [3.05, 3.63) is 83.7 Å². The highest BCUT2D eigenvalue weighted by molar-refractivity contribution is 9.10. The van der Waals surface area contributed by atoms with E-state index in [-0.39, 0.29) is 0 Å². The summed E-state index contributed by atoms with van der Waals surface area (Å²) >= 11 is 5.27. The number of rotatable bonds is 3. The molecule has 0 bridgehead atoms.